The Morgan fingerprint density at radius 2 is 2.04 bits per heavy atom. The van der Waals surface area contributed by atoms with E-state index in [0.29, 0.717) is 27.8 Å². The first-order valence-corrected chi connectivity index (χ1v) is 7.81. The van der Waals surface area contributed by atoms with Crippen molar-refractivity contribution in [3.05, 3.63) is 76.4 Å². The monoisotopic (exact) mass is 360 g/mol. The Morgan fingerprint density at radius 3 is 2.76 bits per heavy atom. The summed E-state index contributed by atoms with van der Waals surface area (Å²) in [5.41, 5.74) is 1.19. The number of hydrogen-bond acceptors (Lipinski definition) is 4. The van der Waals surface area contributed by atoms with Crippen LogP contribution in [-0.2, 0) is 6.61 Å². The lowest BCUT2D eigenvalue weighted by Gasteiger charge is -2.07. The van der Waals surface area contributed by atoms with Crippen molar-refractivity contribution >= 4 is 23.2 Å². The summed E-state index contributed by atoms with van der Waals surface area (Å²) in [7, 11) is 0. The second-order valence-electron chi connectivity index (χ2n) is 5.27. The number of carbonyl (C=O) groups is 1. The number of aryl methyl sites for hydroxylation is 1. The molecule has 3 aromatic rings. The summed E-state index contributed by atoms with van der Waals surface area (Å²) in [4.78, 5) is 12.4. The molecule has 0 fully saturated rings. The minimum absolute atomic E-state index is 0.0687. The second kappa shape index (κ2) is 7.36. The molecule has 0 atom stereocenters. The van der Waals surface area contributed by atoms with Gasteiger partial charge in [-0.15, -0.1) is 0 Å². The molecule has 0 saturated carbocycles. The summed E-state index contributed by atoms with van der Waals surface area (Å²) < 4.78 is 23.6. The zero-order valence-corrected chi connectivity index (χ0v) is 14.0. The maximum atomic E-state index is 12.9. The van der Waals surface area contributed by atoms with E-state index in [-0.39, 0.29) is 18.1 Å². The predicted octanol–water partition coefficient (Wildman–Crippen LogP) is 4.61. The lowest BCUT2D eigenvalue weighted by molar-refractivity contribution is 0.101. The van der Waals surface area contributed by atoms with E-state index < -0.39 is 5.91 Å². The van der Waals surface area contributed by atoms with Gasteiger partial charge >= 0.3 is 0 Å². The largest absolute Gasteiger partial charge is 0.489 e. The summed E-state index contributed by atoms with van der Waals surface area (Å²) in [5.74, 6) is 0.161. The highest BCUT2D eigenvalue weighted by Crippen LogP contribution is 2.20. The van der Waals surface area contributed by atoms with E-state index in [4.69, 9.17) is 20.9 Å². The van der Waals surface area contributed by atoms with Gasteiger partial charge in [0, 0.05) is 10.7 Å². The molecule has 0 aliphatic heterocycles. The number of benzene rings is 2. The quantitative estimate of drug-likeness (QED) is 0.721. The van der Waals surface area contributed by atoms with Gasteiger partial charge in [0.2, 0.25) is 0 Å². The van der Waals surface area contributed by atoms with Crippen LogP contribution in [0.3, 0.4) is 0 Å². The third kappa shape index (κ3) is 4.16. The van der Waals surface area contributed by atoms with Crippen molar-refractivity contribution in [1.82, 2.24) is 5.16 Å². The number of aromatic nitrogens is 1. The fourth-order valence-electron chi connectivity index (χ4n) is 2.18. The normalized spacial score (nSPS) is 10.5. The Labute approximate surface area is 148 Å². The molecule has 25 heavy (non-hydrogen) atoms. The van der Waals surface area contributed by atoms with Crippen molar-refractivity contribution in [3.8, 4) is 5.75 Å². The number of hydrogen-bond donors (Lipinski definition) is 1. The Kier molecular flexibility index (Phi) is 5.00. The minimum Gasteiger partial charge on any atom is -0.489 e. The van der Waals surface area contributed by atoms with E-state index in [0.717, 1.165) is 0 Å². The maximum Gasteiger partial charge on any atom is 0.278 e. The first-order chi connectivity index (χ1) is 12.0. The first-order valence-electron chi connectivity index (χ1n) is 7.43. The van der Waals surface area contributed by atoms with Crippen LogP contribution < -0.4 is 10.1 Å². The van der Waals surface area contributed by atoms with Gasteiger partial charge in [0.15, 0.2) is 5.69 Å². The van der Waals surface area contributed by atoms with E-state index >= 15 is 0 Å². The first kappa shape index (κ1) is 17.0. The third-order valence-electron chi connectivity index (χ3n) is 3.48. The summed E-state index contributed by atoms with van der Waals surface area (Å²) in [6.07, 6.45) is 0. The number of rotatable bonds is 5. The van der Waals surface area contributed by atoms with Crippen molar-refractivity contribution in [2.45, 2.75) is 13.5 Å². The topological polar surface area (TPSA) is 64.4 Å². The molecule has 1 aromatic heterocycles. The molecule has 128 valence electrons. The number of halogens is 2. The van der Waals surface area contributed by atoms with Gasteiger partial charge in [-0.25, -0.2) is 4.39 Å². The lowest BCUT2D eigenvalue weighted by atomic mass is 10.2. The number of anilines is 1. The molecule has 7 heteroatoms. The van der Waals surface area contributed by atoms with E-state index in [1.165, 1.54) is 24.3 Å². The van der Waals surface area contributed by atoms with E-state index in [1.54, 1.807) is 31.2 Å². The highest BCUT2D eigenvalue weighted by atomic mass is 35.5. The van der Waals surface area contributed by atoms with Crippen LogP contribution in [0.5, 0.6) is 5.75 Å². The van der Waals surface area contributed by atoms with Crippen molar-refractivity contribution in [3.63, 3.8) is 0 Å². The summed E-state index contributed by atoms with van der Waals surface area (Å²) in [6.45, 7) is 1.76. The van der Waals surface area contributed by atoms with Crippen LogP contribution in [0.2, 0.25) is 5.02 Å². The van der Waals surface area contributed by atoms with E-state index in [1.807, 2.05) is 0 Å². The molecule has 5 nitrogen and oxygen atoms in total. The zero-order chi connectivity index (χ0) is 17.8. The molecule has 3 rings (SSSR count). The van der Waals surface area contributed by atoms with Gasteiger partial charge in [0.05, 0.1) is 5.56 Å². The van der Waals surface area contributed by atoms with Crippen LogP contribution in [0.25, 0.3) is 0 Å². The van der Waals surface area contributed by atoms with Crippen LogP contribution in [-0.4, -0.2) is 11.1 Å². The van der Waals surface area contributed by atoms with Gasteiger partial charge in [0.1, 0.15) is 23.9 Å². The molecule has 0 aliphatic rings. The highest BCUT2D eigenvalue weighted by Gasteiger charge is 2.20. The molecule has 1 amide bonds. The molecule has 0 saturated heterocycles. The Hall–Kier alpha value is -2.86. The molecule has 0 unspecified atom stereocenters. The van der Waals surface area contributed by atoms with Gasteiger partial charge in [-0.3, -0.25) is 4.79 Å². The van der Waals surface area contributed by atoms with Gasteiger partial charge in [-0.05, 0) is 49.4 Å². The fourth-order valence-corrected chi connectivity index (χ4v) is 2.37. The number of amides is 1. The molecule has 1 N–H and O–H groups in total. The van der Waals surface area contributed by atoms with Crippen LogP contribution >= 0.6 is 11.6 Å². The van der Waals surface area contributed by atoms with E-state index in [9.17, 15) is 9.18 Å². The highest BCUT2D eigenvalue weighted by molar-refractivity contribution is 6.30. The Morgan fingerprint density at radius 1 is 1.28 bits per heavy atom. The zero-order valence-electron chi connectivity index (χ0n) is 13.3. The third-order valence-corrected chi connectivity index (χ3v) is 3.71. The summed E-state index contributed by atoms with van der Waals surface area (Å²) >= 11 is 5.91. The van der Waals surface area contributed by atoms with Crippen LogP contribution in [0.4, 0.5) is 10.1 Å². The predicted molar refractivity (Wildman–Crippen MR) is 91.4 cm³/mol. The standard InChI is InChI=1S/C18H14ClFN2O3/c1-11-16(10-24-15-7-5-13(20)6-8-15)17(22-25-11)18(23)21-14-4-2-3-12(19)9-14/h2-9H,10H2,1H3,(H,21,23). The number of carbonyl (C=O) groups excluding carboxylic acids is 1. The number of nitrogens with one attached hydrogen (secondary N) is 1. The molecular weight excluding hydrogens is 347 g/mol. The van der Waals surface area contributed by atoms with Crippen molar-refractivity contribution < 1.29 is 18.4 Å². The Balaban J connectivity index is 1.74. The molecule has 0 spiro atoms. The van der Waals surface area contributed by atoms with Gasteiger partial charge in [-0.2, -0.15) is 0 Å². The molecule has 2 aromatic carbocycles. The molecule has 0 bridgehead atoms. The maximum absolute atomic E-state index is 12.9. The fraction of sp³-hybridized carbons (Fsp3) is 0.111. The second-order valence-corrected chi connectivity index (χ2v) is 5.71. The van der Waals surface area contributed by atoms with Crippen molar-refractivity contribution in [2.75, 3.05) is 5.32 Å². The lowest BCUT2D eigenvalue weighted by Crippen LogP contribution is -2.15. The number of ether oxygens (including phenoxy) is 1. The van der Waals surface area contributed by atoms with Crippen LogP contribution in [0.15, 0.2) is 53.1 Å². The van der Waals surface area contributed by atoms with Crippen molar-refractivity contribution in [1.29, 1.82) is 0 Å². The number of nitrogens with zero attached hydrogens (tertiary/aromatic N) is 1. The SMILES string of the molecule is Cc1onc(C(=O)Nc2cccc(Cl)c2)c1COc1ccc(F)cc1. The average molecular weight is 361 g/mol. The Bertz CT molecular complexity index is 894. The van der Waals surface area contributed by atoms with E-state index in [2.05, 4.69) is 10.5 Å². The van der Waals surface area contributed by atoms with Crippen molar-refractivity contribution in [2.24, 2.45) is 0 Å². The molecule has 0 radical (unpaired) electrons. The summed E-state index contributed by atoms with van der Waals surface area (Å²) in [6, 6.07) is 12.4. The summed E-state index contributed by atoms with van der Waals surface area (Å²) in [5, 5.41) is 7.02. The van der Waals surface area contributed by atoms with Crippen LogP contribution in [0, 0.1) is 12.7 Å². The molecule has 0 aliphatic carbocycles. The van der Waals surface area contributed by atoms with Crippen LogP contribution in [0.1, 0.15) is 21.8 Å². The molecule has 1 heterocycles. The van der Waals surface area contributed by atoms with Gasteiger partial charge in [-0.1, -0.05) is 22.8 Å². The average Bonchev–Trinajstić information content (AvgIpc) is 2.95. The smallest absolute Gasteiger partial charge is 0.278 e. The van der Waals surface area contributed by atoms with Gasteiger partial charge < -0.3 is 14.6 Å². The van der Waals surface area contributed by atoms with Gasteiger partial charge in [0.25, 0.3) is 5.91 Å². The minimum atomic E-state index is -0.433. The molecular formula is C18H14ClFN2O3.